The molecule has 0 spiro atoms. The third-order valence-electron chi connectivity index (χ3n) is 3.13. The van der Waals surface area contributed by atoms with Crippen LogP contribution in [-0.4, -0.2) is 10.8 Å². The van der Waals surface area contributed by atoms with Gasteiger partial charge in [0.25, 0.3) is 0 Å². The first kappa shape index (κ1) is 17.0. The van der Waals surface area contributed by atoms with Crippen LogP contribution < -0.4 is 11.1 Å². The van der Waals surface area contributed by atoms with Crippen LogP contribution in [0.2, 0.25) is 15.1 Å². The van der Waals surface area contributed by atoms with Gasteiger partial charge in [0.15, 0.2) is 5.13 Å². The summed E-state index contributed by atoms with van der Waals surface area (Å²) in [6, 6.07) is 11.8. The van der Waals surface area contributed by atoms with E-state index >= 15 is 0 Å². The predicted molar refractivity (Wildman–Crippen MR) is 101 cm³/mol. The van der Waals surface area contributed by atoms with Crippen LogP contribution in [0.5, 0.6) is 0 Å². The lowest BCUT2D eigenvalue weighted by atomic mass is 10.1. The number of hydrogen-bond donors (Lipinski definition) is 2. The number of anilines is 3. The molecule has 0 bridgehead atoms. The molecular weight excluding hydrogens is 389 g/mol. The number of nitrogens with zero attached hydrogens (tertiary/aromatic N) is 1. The number of halogens is 3. The van der Waals surface area contributed by atoms with Crippen LogP contribution >= 0.6 is 46.1 Å². The minimum absolute atomic E-state index is 0.146. The van der Waals surface area contributed by atoms with E-state index in [1.807, 2.05) is 0 Å². The van der Waals surface area contributed by atoms with E-state index in [1.54, 1.807) is 36.4 Å². The fourth-order valence-corrected chi connectivity index (χ4v) is 3.48. The Morgan fingerprint density at radius 2 is 1.71 bits per heavy atom. The van der Waals surface area contributed by atoms with Crippen molar-refractivity contribution < 1.29 is 4.79 Å². The highest BCUT2D eigenvalue weighted by molar-refractivity contribution is 7.18. The van der Waals surface area contributed by atoms with Gasteiger partial charge in [0.2, 0.25) is 5.78 Å². The van der Waals surface area contributed by atoms with Crippen molar-refractivity contribution >= 4 is 68.6 Å². The second-order valence-corrected chi connectivity index (χ2v) is 7.10. The predicted octanol–water partition coefficient (Wildman–Crippen LogP) is 5.66. The molecule has 0 saturated heterocycles. The van der Waals surface area contributed by atoms with Crippen LogP contribution in [0.4, 0.5) is 16.6 Å². The third-order valence-corrected chi connectivity index (χ3v) is 4.92. The van der Waals surface area contributed by atoms with Gasteiger partial charge in [-0.05, 0) is 42.5 Å². The zero-order valence-corrected chi connectivity index (χ0v) is 15.1. The minimum Gasteiger partial charge on any atom is -0.382 e. The van der Waals surface area contributed by atoms with Crippen molar-refractivity contribution in [1.82, 2.24) is 4.98 Å². The van der Waals surface area contributed by atoms with Gasteiger partial charge in [-0.1, -0.05) is 46.1 Å². The number of nitrogens with two attached hydrogens (primary N) is 1. The highest BCUT2D eigenvalue weighted by Crippen LogP contribution is 2.32. The van der Waals surface area contributed by atoms with Crippen molar-refractivity contribution in [3.05, 3.63) is 68.0 Å². The summed E-state index contributed by atoms with van der Waals surface area (Å²) in [4.78, 5) is 17.1. The molecule has 0 aliphatic carbocycles. The molecule has 4 nitrogen and oxygen atoms in total. The molecule has 122 valence electrons. The number of hydrogen-bond acceptors (Lipinski definition) is 5. The summed E-state index contributed by atoms with van der Waals surface area (Å²) in [5.74, 6) is -0.150. The van der Waals surface area contributed by atoms with Crippen LogP contribution in [0.25, 0.3) is 0 Å². The molecule has 0 radical (unpaired) electrons. The molecule has 0 atom stereocenters. The zero-order valence-electron chi connectivity index (χ0n) is 12.0. The molecule has 3 rings (SSSR count). The highest BCUT2D eigenvalue weighted by atomic mass is 35.5. The zero-order chi connectivity index (χ0) is 17.3. The molecule has 0 saturated carbocycles. The maximum atomic E-state index is 12.6. The van der Waals surface area contributed by atoms with Crippen LogP contribution in [0.15, 0.2) is 42.5 Å². The van der Waals surface area contributed by atoms with Crippen molar-refractivity contribution in [3.8, 4) is 0 Å². The van der Waals surface area contributed by atoms with E-state index in [4.69, 9.17) is 40.5 Å². The number of rotatable bonds is 4. The Labute approximate surface area is 157 Å². The van der Waals surface area contributed by atoms with Gasteiger partial charge in [-0.2, -0.15) is 0 Å². The number of carbonyl (C=O) groups excluding carboxylic acids is 1. The lowest BCUT2D eigenvalue weighted by molar-refractivity contribution is 0.104. The maximum Gasteiger partial charge on any atom is 0.208 e. The molecule has 1 heterocycles. The van der Waals surface area contributed by atoms with Gasteiger partial charge in [-0.25, -0.2) is 4.98 Å². The lowest BCUT2D eigenvalue weighted by Gasteiger charge is -2.02. The molecule has 2 aromatic carbocycles. The van der Waals surface area contributed by atoms with E-state index in [0.29, 0.717) is 25.6 Å². The molecule has 0 aliphatic heterocycles. The Balaban J connectivity index is 1.88. The number of nitrogens with one attached hydrogen (secondary N) is 1. The van der Waals surface area contributed by atoms with Gasteiger partial charge >= 0.3 is 0 Å². The Bertz CT molecular complexity index is 909. The minimum atomic E-state index is -0.296. The normalized spacial score (nSPS) is 10.6. The van der Waals surface area contributed by atoms with E-state index in [2.05, 4.69) is 10.3 Å². The smallest absolute Gasteiger partial charge is 0.208 e. The summed E-state index contributed by atoms with van der Waals surface area (Å²) in [7, 11) is 0. The Morgan fingerprint density at radius 3 is 2.38 bits per heavy atom. The lowest BCUT2D eigenvalue weighted by Crippen LogP contribution is -2.03. The van der Waals surface area contributed by atoms with Gasteiger partial charge in [-0.15, -0.1) is 0 Å². The average molecular weight is 399 g/mol. The monoisotopic (exact) mass is 397 g/mol. The van der Waals surface area contributed by atoms with E-state index in [1.165, 1.54) is 6.07 Å². The number of nitrogen functional groups attached to an aromatic ring is 1. The van der Waals surface area contributed by atoms with Crippen molar-refractivity contribution in [2.45, 2.75) is 0 Å². The standard InChI is InChI=1S/C16H10Cl3N3OS/c17-8-1-4-10(5-2-8)21-16-22-15(20)14(24-16)13(23)11-6-3-9(18)7-12(11)19/h1-7H,20H2,(H,21,22). The summed E-state index contributed by atoms with van der Waals surface area (Å²) >= 11 is 18.9. The fraction of sp³-hybridized carbons (Fsp3) is 0. The molecule has 0 aliphatic rings. The number of thiazole rings is 1. The summed E-state index contributed by atoms with van der Waals surface area (Å²) in [6.07, 6.45) is 0. The molecule has 8 heteroatoms. The van der Waals surface area contributed by atoms with Crippen LogP contribution in [0, 0.1) is 0 Å². The second kappa shape index (κ2) is 6.99. The van der Waals surface area contributed by atoms with E-state index in [9.17, 15) is 4.79 Å². The van der Waals surface area contributed by atoms with Crippen molar-refractivity contribution in [2.75, 3.05) is 11.1 Å². The van der Waals surface area contributed by atoms with Gasteiger partial charge in [0, 0.05) is 21.3 Å². The molecule has 3 aromatic rings. The van der Waals surface area contributed by atoms with Crippen molar-refractivity contribution in [2.24, 2.45) is 0 Å². The van der Waals surface area contributed by atoms with Crippen molar-refractivity contribution in [3.63, 3.8) is 0 Å². The maximum absolute atomic E-state index is 12.6. The Hall–Kier alpha value is -1.79. The second-order valence-electron chi connectivity index (χ2n) is 4.82. The molecule has 3 N–H and O–H groups in total. The van der Waals surface area contributed by atoms with E-state index in [-0.39, 0.29) is 16.6 Å². The number of benzene rings is 2. The topological polar surface area (TPSA) is 68.0 Å². The van der Waals surface area contributed by atoms with Gasteiger partial charge in [0.05, 0.1) is 5.02 Å². The van der Waals surface area contributed by atoms with Crippen LogP contribution in [0.1, 0.15) is 15.2 Å². The number of ketones is 1. The number of carbonyl (C=O) groups is 1. The molecule has 0 fully saturated rings. The van der Waals surface area contributed by atoms with E-state index < -0.39 is 0 Å². The van der Waals surface area contributed by atoms with Crippen LogP contribution in [0.3, 0.4) is 0 Å². The summed E-state index contributed by atoms with van der Waals surface area (Å²) < 4.78 is 0. The molecular formula is C16H10Cl3N3OS. The largest absolute Gasteiger partial charge is 0.382 e. The van der Waals surface area contributed by atoms with Gasteiger partial charge in [-0.3, -0.25) is 4.79 Å². The van der Waals surface area contributed by atoms with Crippen LogP contribution in [-0.2, 0) is 0 Å². The number of aromatic nitrogens is 1. The highest BCUT2D eigenvalue weighted by Gasteiger charge is 2.20. The summed E-state index contributed by atoms with van der Waals surface area (Å²) in [6.45, 7) is 0. The quantitative estimate of drug-likeness (QED) is 0.556. The molecule has 1 aromatic heterocycles. The van der Waals surface area contributed by atoms with Gasteiger partial charge in [0.1, 0.15) is 10.7 Å². The van der Waals surface area contributed by atoms with E-state index in [0.717, 1.165) is 17.0 Å². The molecule has 0 unspecified atom stereocenters. The first-order valence-electron chi connectivity index (χ1n) is 6.72. The first-order chi connectivity index (χ1) is 11.4. The summed E-state index contributed by atoms with van der Waals surface area (Å²) in [5, 5.41) is 4.95. The average Bonchev–Trinajstić information content (AvgIpc) is 2.89. The Kier molecular flexibility index (Phi) is 4.96. The Morgan fingerprint density at radius 1 is 1.04 bits per heavy atom. The first-order valence-corrected chi connectivity index (χ1v) is 8.67. The molecule has 0 amide bonds. The fourth-order valence-electron chi connectivity index (χ4n) is 2.00. The molecule has 24 heavy (non-hydrogen) atoms. The summed E-state index contributed by atoms with van der Waals surface area (Å²) in [5.41, 5.74) is 7.00. The SMILES string of the molecule is Nc1nc(Nc2ccc(Cl)cc2)sc1C(=O)c1ccc(Cl)cc1Cl. The van der Waals surface area contributed by atoms with Crippen molar-refractivity contribution in [1.29, 1.82) is 0 Å². The van der Waals surface area contributed by atoms with Gasteiger partial charge < -0.3 is 11.1 Å². The third kappa shape index (κ3) is 3.65.